The lowest BCUT2D eigenvalue weighted by Crippen LogP contribution is -2.47. The number of para-hydroxylation sites is 1. The molecule has 36 heavy (non-hydrogen) atoms. The SMILES string of the molecule is COc1ccc(-c2cn[nH]c2-c2ccc(OCCN3CCN(c4ccccc4F)CC3)cc2O)cc1. The van der Waals surface area contributed by atoms with E-state index in [4.69, 9.17) is 9.47 Å². The fourth-order valence-corrected chi connectivity index (χ4v) is 4.51. The number of ether oxygens (including phenoxy) is 2. The molecule has 7 nitrogen and oxygen atoms in total. The number of H-pyrrole nitrogens is 1. The molecule has 1 aliphatic heterocycles. The van der Waals surface area contributed by atoms with Crippen molar-refractivity contribution in [2.45, 2.75) is 0 Å². The highest BCUT2D eigenvalue weighted by Crippen LogP contribution is 2.37. The second-order valence-corrected chi connectivity index (χ2v) is 8.69. The first kappa shape index (κ1) is 23.7. The molecule has 1 aromatic heterocycles. The molecule has 5 rings (SSSR count). The second-order valence-electron chi connectivity index (χ2n) is 8.69. The van der Waals surface area contributed by atoms with Crippen LogP contribution >= 0.6 is 0 Å². The lowest BCUT2D eigenvalue weighted by molar-refractivity contribution is 0.200. The molecule has 186 valence electrons. The first-order valence-electron chi connectivity index (χ1n) is 12.0. The topological polar surface area (TPSA) is 73.9 Å². The van der Waals surface area contributed by atoms with Crippen LogP contribution < -0.4 is 14.4 Å². The number of methoxy groups -OCH3 is 1. The van der Waals surface area contributed by atoms with Gasteiger partial charge in [0.25, 0.3) is 0 Å². The van der Waals surface area contributed by atoms with E-state index in [9.17, 15) is 9.50 Å². The molecule has 8 heteroatoms. The second kappa shape index (κ2) is 10.7. The van der Waals surface area contributed by atoms with Crippen LogP contribution in [0.15, 0.2) is 72.9 Å². The number of nitrogens with one attached hydrogen (secondary N) is 1. The largest absolute Gasteiger partial charge is 0.507 e. The van der Waals surface area contributed by atoms with Gasteiger partial charge in [-0.05, 0) is 42.0 Å². The van der Waals surface area contributed by atoms with Crippen LogP contribution in [-0.2, 0) is 0 Å². The van der Waals surface area contributed by atoms with Gasteiger partial charge in [-0.1, -0.05) is 24.3 Å². The number of aromatic amines is 1. The molecular formula is C28H29FN4O3. The van der Waals surface area contributed by atoms with E-state index in [1.54, 1.807) is 25.4 Å². The van der Waals surface area contributed by atoms with Crippen molar-refractivity contribution in [2.75, 3.05) is 51.3 Å². The van der Waals surface area contributed by atoms with Crippen LogP contribution in [0.5, 0.6) is 17.2 Å². The van der Waals surface area contributed by atoms with Gasteiger partial charge in [0.2, 0.25) is 0 Å². The minimum atomic E-state index is -0.177. The Balaban J connectivity index is 1.16. The Bertz CT molecular complexity index is 1300. The van der Waals surface area contributed by atoms with E-state index in [-0.39, 0.29) is 11.6 Å². The number of phenols is 1. The molecule has 0 unspecified atom stereocenters. The third-order valence-electron chi connectivity index (χ3n) is 6.52. The van der Waals surface area contributed by atoms with Crippen LogP contribution in [0.4, 0.5) is 10.1 Å². The summed E-state index contributed by atoms with van der Waals surface area (Å²) in [4.78, 5) is 4.39. The standard InChI is InChI=1S/C28H29FN4O3/c1-35-21-8-6-20(7-9-21)24-19-30-31-28(24)23-11-10-22(18-27(23)34)36-17-16-32-12-14-33(15-13-32)26-5-3-2-4-25(26)29/h2-11,18-19,34H,12-17H2,1H3,(H,30,31). The van der Waals surface area contributed by atoms with Gasteiger partial charge in [0.15, 0.2) is 0 Å². The third-order valence-corrected chi connectivity index (χ3v) is 6.52. The molecule has 0 bridgehead atoms. The molecule has 2 N–H and O–H groups in total. The van der Waals surface area contributed by atoms with Crippen molar-refractivity contribution in [1.82, 2.24) is 15.1 Å². The van der Waals surface area contributed by atoms with Crippen molar-refractivity contribution in [3.05, 3.63) is 78.7 Å². The van der Waals surface area contributed by atoms with Gasteiger partial charge in [-0.25, -0.2) is 4.39 Å². The number of piperazine rings is 1. The predicted molar refractivity (Wildman–Crippen MR) is 138 cm³/mol. The van der Waals surface area contributed by atoms with E-state index in [1.807, 2.05) is 48.5 Å². The number of hydrogen-bond donors (Lipinski definition) is 2. The predicted octanol–water partition coefficient (Wildman–Crippen LogP) is 4.80. The Morgan fingerprint density at radius 3 is 2.42 bits per heavy atom. The fourth-order valence-electron chi connectivity index (χ4n) is 4.51. The molecule has 0 spiro atoms. The zero-order valence-corrected chi connectivity index (χ0v) is 20.2. The maximum Gasteiger partial charge on any atom is 0.146 e. The Hall–Kier alpha value is -4.04. The lowest BCUT2D eigenvalue weighted by atomic mass is 10.0. The molecule has 1 saturated heterocycles. The first-order chi connectivity index (χ1) is 17.6. The first-order valence-corrected chi connectivity index (χ1v) is 12.0. The monoisotopic (exact) mass is 488 g/mol. The smallest absolute Gasteiger partial charge is 0.146 e. The number of phenolic OH excluding ortho intramolecular Hbond substituents is 1. The summed E-state index contributed by atoms with van der Waals surface area (Å²) in [7, 11) is 1.63. The van der Waals surface area contributed by atoms with Gasteiger partial charge in [-0.3, -0.25) is 10.00 Å². The molecular weight excluding hydrogens is 459 g/mol. The van der Waals surface area contributed by atoms with E-state index in [1.165, 1.54) is 6.07 Å². The summed E-state index contributed by atoms with van der Waals surface area (Å²) in [6, 6.07) is 19.9. The number of benzene rings is 3. The Labute approximate surface area is 209 Å². The van der Waals surface area contributed by atoms with E-state index in [0.29, 0.717) is 23.6 Å². The third kappa shape index (κ3) is 5.13. The summed E-state index contributed by atoms with van der Waals surface area (Å²) >= 11 is 0. The number of nitrogens with zero attached hydrogens (tertiary/aromatic N) is 3. The molecule has 0 atom stereocenters. The molecule has 0 radical (unpaired) electrons. The van der Waals surface area contributed by atoms with Gasteiger partial charge in [0.05, 0.1) is 24.7 Å². The summed E-state index contributed by atoms with van der Waals surface area (Å²) < 4.78 is 25.2. The molecule has 0 saturated carbocycles. The number of rotatable bonds is 8. The summed E-state index contributed by atoms with van der Waals surface area (Å²) in [5, 5.41) is 17.9. The quantitative estimate of drug-likeness (QED) is 0.371. The maximum absolute atomic E-state index is 14.0. The minimum absolute atomic E-state index is 0.116. The summed E-state index contributed by atoms with van der Waals surface area (Å²) in [5.41, 5.74) is 3.90. The zero-order chi connectivity index (χ0) is 24.9. The van der Waals surface area contributed by atoms with Crippen LogP contribution in [0.3, 0.4) is 0 Å². The van der Waals surface area contributed by atoms with Crippen molar-refractivity contribution in [1.29, 1.82) is 0 Å². The average molecular weight is 489 g/mol. The van der Waals surface area contributed by atoms with E-state index >= 15 is 0 Å². The van der Waals surface area contributed by atoms with Crippen molar-refractivity contribution in [3.63, 3.8) is 0 Å². The maximum atomic E-state index is 14.0. The Morgan fingerprint density at radius 1 is 0.944 bits per heavy atom. The van der Waals surface area contributed by atoms with Crippen LogP contribution in [0.25, 0.3) is 22.4 Å². The fraction of sp³-hybridized carbons (Fsp3) is 0.250. The van der Waals surface area contributed by atoms with Crippen molar-refractivity contribution < 1.29 is 19.0 Å². The van der Waals surface area contributed by atoms with E-state index in [2.05, 4.69) is 20.0 Å². The average Bonchev–Trinajstić information content (AvgIpc) is 3.39. The van der Waals surface area contributed by atoms with Gasteiger partial charge >= 0.3 is 0 Å². The van der Waals surface area contributed by atoms with Crippen LogP contribution in [0, 0.1) is 5.82 Å². The van der Waals surface area contributed by atoms with Gasteiger partial charge in [0.1, 0.15) is 29.7 Å². The van der Waals surface area contributed by atoms with Crippen molar-refractivity contribution in [2.24, 2.45) is 0 Å². The molecule has 2 heterocycles. The minimum Gasteiger partial charge on any atom is -0.507 e. The number of hydrogen-bond acceptors (Lipinski definition) is 6. The summed E-state index contributed by atoms with van der Waals surface area (Å²) in [6.45, 7) is 4.50. The van der Waals surface area contributed by atoms with Gasteiger partial charge in [-0.2, -0.15) is 5.10 Å². The highest BCUT2D eigenvalue weighted by molar-refractivity contribution is 5.83. The van der Waals surface area contributed by atoms with Crippen molar-refractivity contribution >= 4 is 5.69 Å². The lowest BCUT2D eigenvalue weighted by Gasteiger charge is -2.36. The summed E-state index contributed by atoms with van der Waals surface area (Å²) in [6.07, 6.45) is 1.74. The highest BCUT2D eigenvalue weighted by Gasteiger charge is 2.19. The van der Waals surface area contributed by atoms with E-state index < -0.39 is 0 Å². The molecule has 4 aromatic rings. The van der Waals surface area contributed by atoms with Crippen LogP contribution in [-0.4, -0.2) is 66.6 Å². The Kier molecular flexibility index (Phi) is 7.04. The van der Waals surface area contributed by atoms with Crippen LogP contribution in [0.1, 0.15) is 0 Å². The van der Waals surface area contributed by atoms with Gasteiger partial charge in [-0.15, -0.1) is 0 Å². The van der Waals surface area contributed by atoms with E-state index in [0.717, 1.165) is 55.3 Å². The molecule has 0 amide bonds. The number of halogens is 1. The van der Waals surface area contributed by atoms with Gasteiger partial charge in [0, 0.05) is 49.9 Å². The normalized spacial score (nSPS) is 14.1. The highest BCUT2D eigenvalue weighted by atomic mass is 19.1. The number of aromatic nitrogens is 2. The molecule has 1 aliphatic rings. The molecule has 1 fully saturated rings. The zero-order valence-electron chi connectivity index (χ0n) is 20.2. The molecule has 3 aromatic carbocycles. The van der Waals surface area contributed by atoms with Gasteiger partial charge < -0.3 is 19.5 Å². The summed E-state index contributed by atoms with van der Waals surface area (Å²) in [5.74, 6) is 1.32. The molecule has 0 aliphatic carbocycles. The number of anilines is 1. The van der Waals surface area contributed by atoms with Crippen molar-refractivity contribution in [3.8, 4) is 39.6 Å². The Morgan fingerprint density at radius 2 is 1.69 bits per heavy atom. The number of aromatic hydroxyl groups is 1. The van der Waals surface area contributed by atoms with Crippen LogP contribution in [0.2, 0.25) is 0 Å².